The molecule has 0 amide bonds. The maximum Gasteiger partial charge on any atom is 0.246 e. The molecule has 108 valence electrons. The van der Waals surface area contributed by atoms with E-state index in [0.717, 1.165) is 0 Å². The fourth-order valence-corrected chi connectivity index (χ4v) is 2.17. The van der Waals surface area contributed by atoms with Gasteiger partial charge in [-0.25, -0.2) is 0 Å². The van der Waals surface area contributed by atoms with Gasteiger partial charge in [-0.05, 0) is 13.8 Å². The molecule has 1 aliphatic heterocycles. The topological polar surface area (TPSA) is 104 Å². The van der Waals surface area contributed by atoms with E-state index in [0.29, 0.717) is 38.5 Å². The molecule has 0 saturated carbocycles. The Morgan fingerprint density at radius 1 is 1.47 bits per heavy atom. The van der Waals surface area contributed by atoms with Crippen LogP contribution in [0.1, 0.15) is 44.4 Å². The van der Waals surface area contributed by atoms with Gasteiger partial charge in [0.2, 0.25) is 11.7 Å². The average molecular weight is 271 g/mol. The lowest BCUT2D eigenvalue weighted by atomic mass is 9.93. The third-order valence-corrected chi connectivity index (χ3v) is 3.38. The van der Waals surface area contributed by atoms with Crippen molar-refractivity contribution >= 4 is 0 Å². The standard InChI is InChI=1S/C12H21N3O4/c1-3-18-12(4-6-17-7-5-12)11-14-10(19-15-11)9(13)8(2)16/h8-9,16H,3-7,13H2,1-2H3/t8-,9+/m1/s1. The molecular formula is C12H21N3O4. The van der Waals surface area contributed by atoms with E-state index in [-0.39, 0.29) is 5.89 Å². The van der Waals surface area contributed by atoms with E-state index < -0.39 is 17.7 Å². The van der Waals surface area contributed by atoms with Crippen molar-refractivity contribution in [3.8, 4) is 0 Å². The minimum absolute atomic E-state index is 0.232. The van der Waals surface area contributed by atoms with Crippen molar-refractivity contribution in [1.29, 1.82) is 0 Å². The highest BCUT2D eigenvalue weighted by atomic mass is 16.5. The Morgan fingerprint density at radius 2 is 2.16 bits per heavy atom. The molecule has 19 heavy (non-hydrogen) atoms. The van der Waals surface area contributed by atoms with Gasteiger partial charge in [-0.1, -0.05) is 5.16 Å². The van der Waals surface area contributed by atoms with Crippen LogP contribution in [0.2, 0.25) is 0 Å². The summed E-state index contributed by atoms with van der Waals surface area (Å²) >= 11 is 0. The summed E-state index contributed by atoms with van der Waals surface area (Å²) in [7, 11) is 0. The molecule has 2 atom stereocenters. The largest absolute Gasteiger partial charge is 0.391 e. The quantitative estimate of drug-likeness (QED) is 0.803. The molecule has 0 radical (unpaired) electrons. The van der Waals surface area contributed by atoms with Gasteiger partial charge < -0.3 is 24.8 Å². The Morgan fingerprint density at radius 3 is 2.74 bits per heavy atom. The molecular weight excluding hydrogens is 250 g/mol. The van der Waals surface area contributed by atoms with Crippen LogP contribution < -0.4 is 5.73 Å². The number of rotatable bonds is 5. The zero-order valence-corrected chi connectivity index (χ0v) is 11.3. The van der Waals surface area contributed by atoms with E-state index in [1.54, 1.807) is 6.92 Å². The van der Waals surface area contributed by atoms with E-state index in [4.69, 9.17) is 19.7 Å². The molecule has 0 bridgehead atoms. The second-order valence-corrected chi connectivity index (χ2v) is 4.76. The first-order valence-corrected chi connectivity index (χ1v) is 6.58. The molecule has 7 heteroatoms. The fourth-order valence-electron chi connectivity index (χ4n) is 2.17. The van der Waals surface area contributed by atoms with E-state index in [2.05, 4.69) is 10.1 Å². The highest BCUT2D eigenvalue weighted by Crippen LogP contribution is 2.34. The van der Waals surface area contributed by atoms with E-state index in [1.807, 2.05) is 6.92 Å². The van der Waals surface area contributed by atoms with Crippen LogP contribution in [0.5, 0.6) is 0 Å². The van der Waals surface area contributed by atoms with Crippen LogP contribution in [0.25, 0.3) is 0 Å². The van der Waals surface area contributed by atoms with Crippen LogP contribution in [0, 0.1) is 0 Å². The number of aromatic nitrogens is 2. The molecule has 3 N–H and O–H groups in total. The lowest BCUT2D eigenvalue weighted by molar-refractivity contribution is -0.118. The van der Waals surface area contributed by atoms with Gasteiger partial charge in [0.1, 0.15) is 11.6 Å². The van der Waals surface area contributed by atoms with Gasteiger partial charge in [0.15, 0.2) is 0 Å². The van der Waals surface area contributed by atoms with E-state index >= 15 is 0 Å². The van der Waals surface area contributed by atoms with Gasteiger partial charge >= 0.3 is 0 Å². The Balaban J connectivity index is 2.23. The lowest BCUT2D eigenvalue weighted by Gasteiger charge is -2.33. The zero-order chi connectivity index (χ0) is 13.9. The van der Waals surface area contributed by atoms with Crippen molar-refractivity contribution in [2.45, 2.75) is 44.4 Å². The number of nitrogens with zero attached hydrogens (tertiary/aromatic N) is 2. The molecule has 2 rings (SSSR count). The number of hydrogen-bond donors (Lipinski definition) is 2. The summed E-state index contributed by atoms with van der Waals surface area (Å²) in [5.74, 6) is 0.722. The minimum Gasteiger partial charge on any atom is -0.391 e. The number of aliphatic hydroxyl groups is 1. The van der Waals surface area contributed by atoms with Gasteiger partial charge in [-0.15, -0.1) is 0 Å². The van der Waals surface area contributed by atoms with Gasteiger partial charge in [-0.3, -0.25) is 0 Å². The second-order valence-electron chi connectivity index (χ2n) is 4.76. The Kier molecular flexibility index (Phi) is 4.51. The van der Waals surface area contributed by atoms with Crippen molar-refractivity contribution in [2.24, 2.45) is 5.73 Å². The van der Waals surface area contributed by atoms with Crippen LogP contribution in [0.3, 0.4) is 0 Å². The van der Waals surface area contributed by atoms with Crippen LogP contribution in [0.15, 0.2) is 4.52 Å². The Labute approximate surface area is 112 Å². The number of nitrogens with two attached hydrogens (primary N) is 1. The van der Waals surface area contributed by atoms with Crippen molar-refractivity contribution in [2.75, 3.05) is 19.8 Å². The van der Waals surface area contributed by atoms with Crippen molar-refractivity contribution in [3.63, 3.8) is 0 Å². The summed E-state index contributed by atoms with van der Waals surface area (Å²) in [5, 5.41) is 13.4. The average Bonchev–Trinajstić information content (AvgIpc) is 2.89. The van der Waals surface area contributed by atoms with E-state index in [1.165, 1.54) is 0 Å². The molecule has 1 aromatic rings. The number of hydrogen-bond acceptors (Lipinski definition) is 7. The van der Waals surface area contributed by atoms with Crippen molar-refractivity contribution in [3.05, 3.63) is 11.7 Å². The third-order valence-electron chi connectivity index (χ3n) is 3.38. The van der Waals surface area contributed by atoms with Gasteiger partial charge in [0.25, 0.3) is 0 Å². The number of aliphatic hydroxyl groups excluding tert-OH is 1. The molecule has 1 fully saturated rings. The zero-order valence-electron chi connectivity index (χ0n) is 11.3. The summed E-state index contributed by atoms with van der Waals surface area (Å²) in [5.41, 5.74) is 5.22. The molecule has 1 aliphatic rings. The monoisotopic (exact) mass is 271 g/mol. The third kappa shape index (κ3) is 2.94. The summed E-state index contributed by atoms with van der Waals surface area (Å²) in [6.45, 7) is 5.28. The SMILES string of the molecule is CCOC1(c2noc([C@@H](N)[C@@H](C)O)n2)CCOCC1. The predicted molar refractivity (Wildman–Crippen MR) is 66.3 cm³/mol. The molecule has 1 aromatic heterocycles. The van der Waals surface area contributed by atoms with Crippen molar-refractivity contribution in [1.82, 2.24) is 10.1 Å². The first-order chi connectivity index (χ1) is 9.09. The van der Waals surface area contributed by atoms with Crippen LogP contribution in [0.4, 0.5) is 0 Å². The summed E-state index contributed by atoms with van der Waals surface area (Å²) in [6.07, 6.45) is 0.624. The fraction of sp³-hybridized carbons (Fsp3) is 0.833. The highest BCUT2D eigenvalue weighted by Gasteiger charge is 2.40. The molecule has 0 aliphatic carbocycles. The molecule has 2 heterocycles. The van der Waals surface area contributed by atoms with Gasteiger partial charge in [0.05, 0.1) is 6.10 Å². The van der Waals surface area contributed by atoms with E-state index in [9.17, 15) is 5.11 Å². The molecule has 7 nitrogen and oxygen atoms in total. The molecule has 1 saturated heterocycles. The first-order valence-electron chi connectivity index (χ1n) is 6.58. The lowest BCUT2D eigenvalue weighted by Crippen LogP contribution is -2.37. The predicted octanol–water partition coefficient (Wildman–Crippen LogP) is 0.492. The van der Waals surface area contributed by atoms with Crippen LogP contribution >= 0.6 is 0 Å². The first kappa shape index (κ1) is 14.4. The maximum atomic E-state index is 9.46. The summed E-state index contributed by atoms with van der Waals surface area (Å²) in [4.78, 5) is 4.30. The van der Waals surface area contributed by atoms with Crippen molar-refractivity contribution < 1.29 is 19.1 Å². The Hall–Kier alpha value is -1.02. The van der Waals surface area contributed by atoms with Crippen LogP contribution in [-0.4, -0.2) is 41.2 Å². The summed E-state index contributed by atoms with van der Waals surface area (Å²) in [6, 6.07) is -0.681. The smallest absolute Gasteiger partial charge is 0.246 e. The Bertz CT molecular complexity index is 396. The number of ether oxygens (including phenoxy) is 2. The summed E-state index contributed by atoms with van der Waals surface area (Å²) < 4.78 is 16.3. The van der Waals surface area contributed by atoms with Crippen LogP contribution in [-0.2, 0) is 15.1 Å². The van der Waals surface area contributed by atoms with Gasteiger partial charge in [0, 0.05) is 32.7 Å². The molecule has 0 spiro atoms. The molecule has 0 aromatic carbocycles. The maximum absolute atomic E-state index is 9.46. The molecule has 0 unspecified atom stereocenters. The highest BCUT2D eigenvalue weighted by molar-refractivity contribution is 5.05. The second kappa shape index (κ2) is 5.96. The minimum atomic E-state index is -0.744. The van der Waals surface area contributed by atoms with Gasteiger partial charge in [-0.2, -0.15) is 4.98 Å². The normalized spacial score (nSPS) is 22.1.